The van der Waals surface area contributed by atoms with E-state index < -0.39 is 21.5 Å². The van der Waals surface area contributed by atoms with Gasteiger partial charge in [-0.2, -0.15) is 4.21 Å². The van der Waals surface area contributed by atoms with Crippen molar-refractivity contribution in [3.63, 3.8) is 0 Å². The van der Waals surface area contributed by atoms with Crippen molar-refractivity contribution in [2.75, 3.05) is 4.72 Å². The van der Waals surface area contributed by atoms with E-state index in [4.69, 9.17) is 4.55 Å². The molecule has 0 bridgehead atoms. The Bertz CT molecular complexity index is 624. The number of nitrogens with zero attached hydrogens (tertiary/aromatic N) is 1. The molecule has 0 saturated carbocycles. The van der Waals surface area contributed by atoms with Crippen molar-refractivity contribution < 1.29 is 13.6 Å². The van der Waals surface area contributed by atoms with Crippen molar-refractivity contribution in [1.29, 1.82) is 0 Å². The first-order valence-electron chi connectivity index (χ1n) is 3.95. The van der Waals surface area contributed by atoms with Crippen LogP contribution in [0.2, 0.25) is 0 Å². The Morgan fingerprint density at radius 2 is 2.13 bits per heavy atom. The van der Waals surface area contributed by atoms with E-state index in [0.29, 0.717) is 5.69 Å². The fraction of sp³-hybridized carbons (Fsp3) is 0.143. The topological polar surface area (TPSA) is 112 Å². The Labute approximate surface area is 84.7 Å². The second-order valence-corrected chi connectivity index (χ2v) is 4.44. The second kappa shape index (κ2) is 2.91. The van der Waals surface area contributed by atoms with Crippen LogP contribution in [0.1, 0.15) is 16.1 Å². The average Bonchev–Trinajstić information content (AvgIpc) is 1.97. The van der Waals surface area contributed by atoms with Crippen LogP contribution in [0.5, 0.6) is 0 Å². The standard InChI is InChI=1S/C7H7N3O4S/c1-3-2-4(11)5-6(8-3)9-15(13,14)10-7(5)12/h2H,1H3,(H3,8,9,10,11,12,13,14). The maximum absolute atomic E-state index is 11.4. The molecule has 0 aromatic carbocycles. The minimum Gasteiger partial charge on any atom is -0.344 e. The molecule has 15 heavy (non-hydrogen) atoms. The zero-order valence-electron chi connectivity index (χ0n) is 7.60. The summed E-state index contributed by atoms with van der Waals surface area (Å²) in [6, 6.07) is 1.22. The van der Waals surface area contributed by atoms with Gasteiger partial charge in [0.1, 0.15) is 11.4 Å². The highest BCUT2D eigenvalue weighted by molar-refractivity contribution is 7.89. The molecule has 1 aromatic heterocycles. The molecule has 0 radical (unpaired) electrons. The Hall–Kier alpha value is -1.67. The van der Waals surface area contributed by atoms with Crippen LogP contribution < -0.4 is 10.2 Å². The molecule has 0 aliphatic carbocycles. The number of carbonyl (C=O) groups excluding carboxylic acids is 1. The first-order valence-corrected chi connectivity index (χ1v) is 5.42. The monoisotopic (exact) mass is 229 g/mol. The SMILES string of the molecule is Cc1cc(=O)c2c([nH]1)NS(=O)(O)=NC2=O. The van der Waals surface area contributed by atoms with E-state index in [1.807, 2.05) is 0 Å². The Balaban J connectivity index is 2.79. The number of pyridine rings is 1. The van der Waals surface area contributed by atoms with Gasteiger partial charge in [0.05, 0.1) is 0 Å². The van der Waals surface area contributed by atoms with Crippen molar-refractivity contribution in [3.8, 4) is 0 Å². The van der Waals surface area contributed by atoms with Crippen molar-refractivity contribution in [3.05, 3.63) is 27.5 Å². The highest BCUT2D eigenvalue weighted by atomic mass is 32.2. The van der Waals surface area contributed by atoms with Crippen LogP contribution in [0, 0.1) is 6.92 Å². The predicted octanol–water partition coefficient (Wildman–Crippen LogP) is 0.105. The van der Waals surface area contributed by atoms with Gasteiger partial charge in [0, 0.05) is 11.8 Å². The van der Waals surface area contributed by atoms with E-state index in [1.165, 1.54) is 6.07 Å². The lowest BCUT2D eigenvalue weighted by Crippen LogP contribution is -2.27. The summed E-state index contributed by atoms with van der Waals surface area (Å²) in [5, 5.41) is 0. The molecule has 2 heterocycles. The van der Waals surface area contributed by atoms with Crippen molar-refractivity contribution in [2.24, 2.45) is 4.36 Å². The number of rotatable bonds is 0. The summed E-state index contributed by atoms with van der Waals surface area (Å²) in [5.41, 5.74) is -0.290. The first-order chi connectivity index (χ1) is 6.89. The van der Waals surface area contributed by atoms with Gasteiger partial charge in [0.2, 0.25) is 0 Å². The summed E-state index contributed by atoms with van der Waals surface area (Å²) in [5.74, 6) is -1.05. The molecule has 2 rings (SSSR count). The van der Waals surface area contributed by atoms with Crippen molar-refractivity contribution in [2.45, 2.75) is 6.92 Å². The molecule has 1 amide bonds. The van der Waals surface area contributed by atoms with Gasteiger partial charge in [-0.15, -0.1) is 4.36 Å². The van der Waals surface area contributed by atoms with Crippen LogP contribution in [0.25, 0.3) is 0 Å². The highest BCUT2D eigenvalue weighted by Gasteiger charge is 2.25. The van der Waals surface area contributed by atoms with Gasteiger partial charge in [-0.25, -0.2) is 0 Å². The summed E-state index contributed by atoms with van der Waals surface area (Å²) in [6.07, 6.45) is 0. The average molecular weight is 229 g/mol. The number of hydrogen-bond donors (Lipinski definition) is 3. The fourth-order valence-corrected chi connectivity index (χ4v) is 2.07. The maximum Gasteiger partial charge on any atom is 0.296 e. The smallest absolute Gasteiger partial charge is 0.296 e. The summed E-state index contributed by atoms with van der Waals surface area (Å²) in [6.45, 7) is 1.60. The van der Waals surface area contributed by atoms with Gasteiger partial charge in [0.15, 0.2) is 5.43 Å². The number of carbonyl (C=O) groups is 1. The molecule has 7 nitrogen and oxygen atoms in total. The molecule has 1 unspecified atom stereocenters. The van der Waals surface area contributed by atoms with Crippen LogP contribution in [-0.2, 0) is 10.2 Å². The zero-order valence-corrected chi connectivity index (χ0v) is 8.42. The number of aromatic amines is 1. The molecule has 80 valence electrons. The van der Waals surface area contributed by atoms with Crippen LogP contribution in [0.3, 0.4) is 0 Å². The lowest BCUT2D eigenvalue weighted by Gasteiger charge is -2.14. The Kier molecular flexibility index (Phi) is 1.91. The third-order valence-corrected chi connectivity index (χ3v) is 2.71. The van der Waals surface area contributed by atoms with Gasteiger partial charge in [-0.05, 0) is 6.92 Å². The molecule has 0 fully saturated rings. The molecule has 0 spiro atoms. The lowest BCUT2D eigenvalue weighted by atomic mass is 10.2. The molecule has 1 aromatic rings. The molecule has 1 aliphatic rings. The first kappa shape index (κ1) is 9.87. The lowest BCUT2D eigenvalue weighted by molar-refractivity contribution is 0.100. The van der Waals surface area contributed by atoms with Crippen molar-refractivity contribution >= 4 is 21.9 Å². The third-order valence-electron chi connectivity index (χ3n) is 1.82. The van der Waals surface area contributed by atoms with Crippen molar-refractivity contribution in [1.82, 2.24) is 4.98 Å². The minimum atomic E-state index is -3.77. The van der Waals surface area contributed by atoms with Crippen LogP contribution >= 0.6 is 0 Å². The number of H-pyrrole nitrogens is 1. The van der Waals surface area contributed by atoms with E-state index in [0.717, 1.165) is 0 Å². The number of nitrogens with one attached hydrogen (secondary N) is 2. The number of fused-ring (bicyclic) bond motifs is 1. The molecule has 8 heteroatoms. The quantitative estimate of drug-likeness (QED) is 0.585. The zero-order chi connectivity index (χ0) is 11.2. The number of aromatic nitrogens is 1. The van der Waals surface area contributed by atoms with Gasteiger partial charge < -0.3 is 4.98 Å². The maximum atomic E-state index is 11.4. The second-order valence-electron chi connectivity index (χ2n) is 3.06. The number of aryl methyl sites for hydroxylation is 1. The minimum absolute atomic E-state index is 0.0625. The molecule has 3 N–H and O–H groups in total. The van der Waals surface area contributed by atoms with E-state index in [1.54, 1.807) is 6.92 Å². The fourth-order valence-electron chi connectivity index (χ4n) is 1.29. The molecule has 1 atom stereocenters. The summed E-state index contributed by atoms with van der Waals surface area (Å²) < 4.78 is 25.3. The van der Waals surface area contributed by atoms with E-state index in [2.05, 4.69) is 14.1 Å². The summed E-state index contributed by atoms with van der Waals surface area (Å²) in [7, 11) is -3.77. The molecular formula is C7H7N3O4S. The van der Waals surface area contributed by atoms with Gasteiger partial charge in [0.25, 0.3) is 16.1 Å². The van der Waals surface area contributed by atoms with E-state index >= 15 is 0 Å². The summed E-state index contributed by atoms with van der Waals surface area (Å²) >= 11 is 0. The summed E-state index contributed by atoms with van der Waals surface area (Å²) in [4.78, 5) is 25.3. The van der Waals surface area contributed by atoms with Gasteiger partial charge in [-0.1, -0.05) is 0 Å². The Morgan fingerprint density at radius 3 is 2.80 bits per heavy atom. The van der Waals surface area contributed by atoms with Gasteiger partial charge in [-0.3, -0.25) is 18.9 Å². The van der Waals surface area contributed by atoms with E-state index in [-0.39, 0.29) is 11.4 Å². The van der Waals surface area contributed by atoms with Crippen LogP contribution in [0.15, 0.2) is 15.2 Å². The molecule has 0 saturated heterocycles. The largest absolute Gasteiger partial charge is 0.344 e. The Morgan fingerprint density at radius 1 is 1.47 bits per heavy atom. The third kappa shape index (κ3) is 1.64. The normalized spacial score (nSPS) is 24.0. The molecular weight excluding hydrogens is 222 g/mol. The predicted molar refractivity (Wildman–Crippen MR) is 53.0 cm³/mol. The number of anilines is 1. The highest BCUT2D eigenvalue weighted by Crippen LogP contribution is 2.17. The van der Waals surface area contributed by atoms with Crippen LogP contribution in [0.4, 0.5) is 5.82 Å². The van der Waals surface area contributed by atoms with Crippen LogP contribution in [-0.4, -0.2) is 19.7 Å². The van der Waals surface area contributed by atoms with Gasteiger partial charge >= 0.3 is 0 Å². The van der Waals surface area contributed by atoms with E-state index in [9.17, 15) is 13.8 Å². The molecule has 1 aliphatic heterocycles. The number of amides is 1. The number of hydrogen-bond acceptors (Lipinski definition) is 3.